The lowest BCUT2D eigenvalue weighted by Gasteiger charge is -2.50. The molecular weight excluding hydrogens is 552 g/mol. The third-order valence-electron chi connectivity index (χ3n) is 5.77. The Hall–Kier alpha value is -4.51. The molecule has 0 aromatic carbocycles. The fraction of sp³-hybridized carbons (Fsp3) is 0.273. The molecule has 2 atom stereocenters. The number of fused-ring (bicyclic) bond motifs is 2. The predicted molar refractivity (Wildman–Crippen MR) is 134 cm³/mol. The van der Waals surface area contributed by atoms with Crippen LogP contribution in [0.3, 0.4) is 0 Å². The van der Waals surface area contributed by atoms with Crippen LogP contribution in [-0.4, -0.2) is 68.3 Å². The number of nitrogens with zero attached hydrogens (tertiary/aromatic N) is 5. The second-order valence-corrected chi connectivity index (χ2v) is 10.2. The minimum atomic E-state index is -1.49. The van der Waals surface area contributed by atoms with Crippen LogP contribution in [0.25, 0.3) is 10.2 Å². The van der Waals surface area contributed by atoms with E-state index in [-0.39, 0.29) is 36.4 Å². The van der Waals surface area contributed by atoms with Crippen molar-refractivity contribution >= 4 is 68.9 Å². The average molecular weight is 573 g/mol. The van der Waals surface area contributed by atoms with Crippen LogP contribution in [0.15, 0.2) is 50.7 Å². The molecule has 1 unspecified atom stereocenters. The van der Waals surface area contributed by atoms with Crippen LogP contribution in [0.5, 0.6) is 0 Å². The first-order valence-electron chi connectivity index (χ1n) is 11.5. The molecule has 5 rings (SSSR count). The van der Waals surface area contributed by atoms with Crippen molar-refractivity contribution in [1.29, 1.82) is 0 Å². The number of anilines is 1. The summed E-state index contributed by atoms with van der Waals surface area (Å²) in [5, 5.41) is 26.2. The van der Waals surface area contributed by atoms with Gasteiger partial charge >= 0.3 is 12.1 Å². The number of carboxylic acids is 1. The zero-order valence-electron chi connectivity index (χ0n) is 20.2. The van der Waals surface area contributed by atoms with Gasteiger partial charge in [-0.2, -0.15) is 9.55 Å². The van der Waals surface area contributed by atoms with Crippen molar-refractivity contribution in [1.82, 2.24) is 25.7 Å². The second-order valence-electron chi connectivity index (χ2n) is 8.22. The summed E-state index contributed by atoms with van der Waals surface area (Å²) in [6.07, 6.45) is 0.894. The number of thioether (sulfide) groups is 1. The Morgan fingerprint density at radius 3 is 2.92 bits per heavy atom. The number of aliphatic carboxylic acids is 1. The molecule has 202 valence electrons. The number of rotatable bonds is 8. The van der Waals surface area contributed by atoms with Crippen LogP contribution >= 0.6 is 23.1 Å². The quantitative estimate of drug-likeness (QED) is 0.0950. The molecule has 17 heteroatoms. The Bertz CT molecular complexity index is 1550. The molecule has 3 amide bonds. The van der Waals surface area contributed by atoms with Crippen LogP contribution in [0.1, 0.15) is 12.7 Å². The SMILES string of the molecule is CCNC(=O)ON=C(C(=O)NC1C(=O)N2C(C(=O)[O-])=C(C[n+]3cccc4ccsc43)CS[C@@H]12)c1noc(N)n1. The van der Waals surface area contributed by atoms with Crippen molar-refractivity contribution in [2.45, 2.75) is 24.9 Å². The number of nitrogen functional groups attached to an aromatic ring is 1. The molecule has 15 nitrogen and oxygen atoms in total. The normalized spacial score (nSPS) is 18.9. The highest BCUT2D eigenvalue weighted by molar-refractivity contribution is 8.00. The van der Waals surface area contributed by atoms with Gasteiger partial charge in [0.2, 0.25) is 11.5 Å². The standard InChI is InChI=1S/C22H20N8O7S2/c1-2-24-22(35)37-27-12(15-26-21(23)36-28-15)16(31)25-13-17(32)30-14(20(33)34)11(9-39-19(13)30)8-29-6-3-4-10-5-7-38-18(10)29/h3-7,13,19H,2,8-9H2,1H3,(H4-,23,24,25,26,28,31,33,34,35)/t13?,19-/m0/s1. The lowest BCUT2D eigenvalue weighted by Crippen LogP contribution is -2.71. The van der Waals surface area contributed by atoms with Gasteiger partial charge in [0.25, 0.3) is 16.6 Å². The second kappa shape index (κ2) is 10.7. The number of carbonyl (C=O) groups is 4. The number of pyridine rings is 1. The fourth-order valence-corrected chi connectivity index (χ4v) is 6.31. The lowest BCUT2D eigenvalue weighted by molar-refractivity contribution is -0.661. The zero-order valence-corrected chi connectivity index (χ0v) is 21.8. The van der Waals surface area contributed by atoms with Crippen LogP contribution < -0.4 is 26.0 Å². The van der Waals surface area contributed by atoms with Crippen LogP contribution in [0, 0.1) is 0 Å². The van der Waals surface area contributed by atoms with E-state index in [2.05, 4.69) is 35.3 Å². The Morgan fingerprint density at radius 1 is 1.38 bits per heavy atom. The van der Waals surface area contributed by atoms with Crippen molar-refractivity contribution in [3.63, 3.8) is 0 Å². The number of carboxylic acid groups (broad SMARTS) is 1. The van der Waals surface area contributed by atoms with Crippen molar-refractivity contribution in [2.75, 3.05) is 18.0 Å². The number of nitrogens with one attached hydrogen (secondary N) is 2. The van der Waals surface area contributed by atoms with Gasteiger partial charge in [-0.25, -0.2) is 4.79 Å². The Balaban J connectivity index is 1.36. The molecule has 4 N–H and O–H groups in total. The molecule has 0 bridgehead atoms. The summed E-state index contributed by atoms with van der Waals surface area (Å²) in [5.41, 5.74) is 5.12. The molecule has 1 saturated heterocycles. The van der Waals surface area contributed by atoms with Crippen molar-refractivity contribution < 1.29 is 38.2 Å². The summed E-state index contributed by atoms with van der Waals surface area (Å²) >= 11 is 2.80. The van der Waals surface area contributed by atoms with E-state index < -0.39 is 41.0 Å². The summed E-state index contributed by atoms with van der Waals surface area (Å²) in [4.78, 5) is 60.4. The first-order chi connectivity index (χ1) is 18.8. The molecule has 0 aliphatic carbocycles. The van der Waals surface area contributed by atoms with E-state index in [1.54, 1.807) is 6.92 Å². The molecule has 3 aromatic rings. The van der Waals surface area contributed by atoms with Gasteiger partial charge in [-0.15, -0.1) is 11.8 Å². The first kappa shape index (κ1) is 26.1. The molecule has 5 heterocycles. The fourth-order valence-electron chi connectivity index (χ4n) is 4.10. The highest BCUT2D eigenvalue weighted by Gasteiger charge is 2.53. The predicted octanol–water partition coefficient (Wildman–Crippen LogP) is -1.29. The summed E-state index contributed by atoms with van der Waals surface area (Å²) in [6.45, 7) is 2.14. The largest absolute Gasteiger partial charge is 0.543 e. The number of nitrogens with two attached hydrogens (primary N) is 1. The number of thiophene rings is 1. The molecular formula is C22H20N8O7S2. The third-order valence-corrected chi connectivity index (χ3v) is 8.08. The van der Waals surface area contributed by atoms with Gasteiger partial charge in [0.1, 0.15) is 11.4 Å². The van der Waals surface area contributed by atoms with E-state index in [0.29, 0.717) is 5.57 Å². The molecule has 39 heavy (non-hydrogen) atoms. The summed E-state index contributed by atoms with van der Waals surface area (Å²) in [6, 6.07) is 4.30. The molecule has 2 aliphatic heterocycles. The molecule has 0 radical (unpaired) electrons. The highest BCUT2D eigenvalue weighted by atomic mass is 32.2. The van der Waals surface area contributed by atoms with Gasteiger partial charge in [0, 0.05) is 23.9 Å². The van der Waals surface area contributed by atoms with Gasteiger partial charge in [0.05, 0.1) is 17.1 Å². The number of amides is 3. The third kappa shape index (κ3) is 5.00. The number of carbonyl (C=O) groups excluding carboxylic acids is 4. The van der Waals surface area contributed by atoms with E-state index in [9.17, 15) is 24.3 Å². The number of aromatic nitrogens is 3. The minimum absolute atomic E-state index is 0.227. The maximum atomic E-state index is 13.1. The molecule has 0 saturated carbocycles. The molecule has 2 aliphatic rings. The number of β-lactam (4-membered cyclic amide) rings is 1. The average Bonchev–Trinajstić information content (AvgIpc) is 3.56. The minimum Gasteiger partial charge on any atom is -0.543 e. The van der Waals surface area contributed by atoms with Crippen molar-refractivity contribution in [3.8, 4) is 0 Å². The summed E-state index contributed by atoms with van der Waals surface area (Å²) in [7, 11) is 0. The van der Waals surface area contributed by atoms with Gasteiger partial charge < -0.3 is 30.8 Å². The molecule has 3 aromatic heterocycles. The van der Waals surface area contributed by atoms with Gasteiger partial charge in [-0.1, -0.05) is 21.6 Å². The number of oxime groups is 1. The summed E-state index contributed by atoms with van der Waals surface area (Å²) in [5.74, 6) is -3.22. The first-order valence-corrected chi connectivity index (χ1v) is 13.4. The maximum Gasteiger partial charge on any atom is 0.433 e. The maximum absolute atomic E-state index is 13.1. The smallest absolute Gasteiger partial charge is 0.433 e. The summed E-state index contributed by atoms with van der Waals surface area (Å²) < 4.78 is 6.58. The van der Waals surface area contributed by atoms with E-state index >= 15 is 0 Å². The highest BCUT2D eigenvalue weighted by Crippen LogP contribution is 2.40. The van der Waals surface area contributed by atoms with Crippen molar-refractivity contribution in [3.05, 3.63) is 46.9 Å². The van der Waals surface area contributed by atoms with E-state index in [0.717, 1.165) is 15.1 Å². The Morgan fingerprint density at radius 2 is 2.21 bits per heavy atom. The van der Waals surface area contributed by atoms with Gasteiger partial charge in [-0.3, -0.25) is 19.3 Å². The van der Waals surface area contributed by atoms with E-state index in [1.807, 2.05) is 34.3 Å². The molecule has 0 spiro atoms. The number of hydrogen-bond donors (Lipinski definition) is 3. The zero-order chi connectivity index (χ0) is 27.7. The number of hydrogen-bond acceptors (Lipinski definition) is 13. The van der Waals surface area contributed by atoms with Crippen molar-refractivity contribution in [2.24, 2.45) is 5.16 Å². The molecule has 1 fully saturated rings. The Labute approximate surface area is 227 Å². The van der Waals surface area contributed by atoms with E-state index in [1.165, 1.54) is 23.1 Å². The van der Waals surface area contributed by atoms with Crippen LogP contribution in [0.4, 0.5) is 10.8 Å². The topological polar surface area (TPSA) is 209 Å². The Kier molecular flexibility index (Phi) is 7.16. The van der Waals surface area contributed by atoms with Gasteiger partial charge in [-0.05, 0) is 24.4 Å². The lowest BCUT2D eigenvalue weighted by atomic mass is 10.0. The van der Waals surface area contributed by atoms with Crippen LogP contribution in [0.2, 0.25) is 0 Å². The van der Waals surface area contributed by atoms with E-state index in [4.69, 9.17) is 5.73 Å². The van der Waals surface area contributed by atoms with Gasteiger partial charge in [0.15, 0.2) is 12.7 Å². The monoisotopic (exact) mass is 572 g/mol. The van der Waals surface area contributed by atoms with Crippen LogP contribution in [-0.2, 0) is 25.8 Å².